The van der Waals surface area contributed by atoms with Crippen LogP contribution < -0.4 is 10.6 Å². The largest absolute Gasteiger partial charge is 0.351 e. The number of likely N-dealkylation sites (tertiary alicyclic amines) is 1. The summed E-state index contributed by atoms with van der Waals surface area (Å²) >= 11 is 0. The number of nitrogens with zero attached hydrogens (tertiary/aromatic N) is 2. The van der Waals surface area contributed by atoms with Crippen LogP contribution in [-0.4, -0.2) is 40.3 Å². The summed E-state index contributed by atoms with van der Waals surface area (Å²) in [5.41, 5.74) is 3.53. The predicted molar refractivity (Wildman–Crippen MR) is 127 cm³/mol. The number of aromatic nitrogens is 1. The maximum absolute atomic E-state index is 12.7. The first-order valence-electron chi connectivity index (χ1n) is 11.7. The summed E-state index contributed by atoms with van der Waals surface area (Å²) in [6.45, 7) is 8.68. The molecule has 1 aliphatic carbocycles. The minimum Gasteiger partial charge on any atom is -0.351 e. The molecule has 0 bridgehead atoms. The quantitative estimate of drug-likeness (QED) is 0.709. The second-order valence-corrected chi connectivity index (χ2v) is 10.2. The van der Waals surface area contributed by atoms with E-state index in [1.165, 1.54) is 12.8 Å². The van der Waals surface area contributed by atoms with Crippen LogP contribution in [-0.2, 0) is 11.3 Å². The van der Waals surface area contributed by atoms with Gasteiger partial charge in [0.15, 0.2) is 0 Å². The second kappa shape index (κ2) is 9.41. The van der Waals surface area contributed by atoms with Crippen LogP contribution in [0, 0.1) is 5.92 Å². The number of piperidine rings is 1. The molecular weight excluding hydrogens is 400 g/mol. The second-order valence-electron chi connectivity index (χ2n) is 10.2. The zero-order valence-corrected chi connectivity index (χ0v) is 19.4. The summed E-state index contributed by atoms with van der Waals surface area (Å²) in [6.07, 6.45) is 7.63. The summed E-state index contributed by atoms with van der Waals surface area (Å²) < 4.78 is 0. The van der Waals surface area contributed by atoms with Crippen LogP contribution in [0.15, 0.2) is 42.7 Å². The first-order chi connectivity index (χ1) is 15.3. The number of carbonyl (C=O) groups is 2. The minimum atomic E-state index is -0.186. The highest BCUT2D eigenvalue weighted by Gasteiger charge is 2.27. The number of pyridine rings is 1. The van der Waals surface area contributed by atoms with Crippen LogP contribution in [0.2, 0.25) is 0 Å². The van der Waals surface area contributed by atoms with Gasteiger partial charge in [0.25, 0.3) is 5.91 Å². The zero-order valence-electron chi connectivity index (χ0n) is 19.4. The molecular formula is C26H34N4O2. The van der Waals surface area contributed by atoms with Crippen molar-refractivity contribution in [3.05, 3.63) is 59.4 Å². The molecule has 6 heteroatoms. The van der Waals surface area contributed by atoms with Crippen molar-refractivity contribution in [3.8, 4) is 0 Å². The Hall–Kier alpha value is -2.73. The maximum atomic E-state index is 12.7. The molecule has 170 valence electrons. The van der Waals surface area contributed by atoms with E-state index in [0.717, 1.165) is 49.3 Å². The number of nitrogens with one attached hydrogen (secondary N) is 2. The number of hydrogen-bond acceptors (Lipinski definition) is 4. The van der Waals surface area contributed by atoms with Gasteiger partial charge in [-0.25, -0.2) is 0 Å². The molecule has 0 radical (unpaired) electrons. The molecule has 6 nitrogen and oxygen atoms in total. The fourth-order valence-electron chi connectivity index (χ4n) is 4.26. The Bertz CT molecular complexity index is 970. The van der Waals surface area contributed by atoms with Gasteiger partial charge in [0, 0.05) is 36.1 Å². The molecule has 1 aromatic carbocycles. The van der Waals surface area contributed by atoms with Crippen LogP contribution in [0.25, 0.3) is 0 Å². The molecule has 1 aliphatic heterocycles. The van der Waals surface area contributed by atoms with Crippen molar-refractivity contribution in [2.24, 2.45) is 5.92 Å². The van der Waals surface area contributed by atoms with E-state index in [1.54, 1.807) is 6.20 Å². The fraction of sp³-hybridized carbons (Fsp3) is 0.500. The van der Waals surface area contributed by atoms with Crippen LogP contribution in [0.3, 0.4) is 0 Å². The molecule has 32 heavy (non-hydrogen) atoms. The summed E-state index contributed by atoms with van der Waals surface area (Å²) in [5, 5.41) is 6.12. The molecule has 2 heterocycles. The topological polar surface area (TPSA) is 74.3 Å². The average Bonchev–Trinajstić information content (AvgIpc) is 3.59. The van der Waals surface area contributed by atoms with Gasteiger partial charge in [-0.15, -0.1) is 0 Å². The van der Waals surface area contributed by atoms with Gasteiger partial charge in [0.2, 0.25) is 5.91 Å². The zero-order chi connectivity index (χ0) is 22.7. The molecule has 0 spiro atoms. The summed E-state index contributed by atoms with van der Waals surface area (Å²) in [6, 6.07) is 9.98. The molecule has 2 N–H and O–H groups in total. The molecule has 4 rings (SSSR count). The highest BCUT2D eigenvalue weighted by molar-refractivity contribution is 6.04. The lowest BCUT2D eigenvalue weighted by Gasteiger charge is -2.33. The molecule has 0 atom stereocenters. The van der Waals surface area contributed by atoms with Gasteiger partial charge >= 0.3 is 0 Å². The van der Waals surface area contributed by atoms with Gasteiger partial charge in [-0.05, 0) is 94.8 Å². The van der Waals surface area contributed by atoms with Crippen molar-refractivity contribution in [1.82, 2.24) is 15.2 Å². The average molecular weight is 435 g/mol. The van der Waals surface area contributed by atoms with Gasteiger partial charge in [-0.2, -0.15) is 0 Å². The lowest BCUT2D eigenvalue weighted by Crippen LogP contribution is -2.46. The SMILES string of the molecule is CC(C)(C)NC(=O)C1CCN(Cc2cccc(NC(=O)c3cncc(C4CC4)c3)c2)CC1. The normalized spacial score (nSPS) is 17.7. The standard InChI is InChI=1S/C26H34N4O2/c1-26(2,3)29-25(32)20-9-11-30(12-10-20)17-18-5-4-6-23(13-18)28-24(31)22-14-21(15-27-16-22)19-7-8-19/h4-6,13-16,19-20H,7-12,17H2,1-3H3,(H,28,31)(H,29,32). The minimum absolute atomic E-state index is 0.0936. The Labute approximate surface area is 190 Å². The van der Waals surface area contributed by atoms with Crippen molar-refractivity contribution in [2.45, 2.75) is 64.5 Å². The smallest absolute Gasteiger partial charge is 0.257 e. The Balaban J connectivity index is 1.30. The van der Waals surface area contributed by atoms with Gasteiger partial charge in [-0.3, -0.25) is 19.5 Å². The van der Waals surface area contributed by atoms with E-state index in [4.69, 9.17) is 0 Å². The first-order valence-corrected chi connectivity index (χ1v) is 11.7. The monoisotopic (exact) mass is 434 g/mol. The molecule has 2 amide bonds. The Kier molecular flexibility index (Phi) is 6.60. The van der Waals surface area contributed by atoms with E-state index in [9.17, 15) is 9.59 Å². The highest BCUT2D eigenvalue weighted by atomic mass is 16.2. The van der Waals surface area contributed by atoms with Crippen molar-refractivity contribution < 1.29 is 9.59 Å². The third-order valence-electron chi connectivity index (χ3n) is 6.12. The number of benzene rings is 1. The van der Waals surface area contributed by atoms with Crippen LogP contribution in [0.4, 0.5) is 5.69 Å². The van der Waals surface area contributed by atoms with E-state index in [2.05, 4.69) is 26.6 Å². The van der Waals surface area contributed by atoms with Crippen molar-refractivity contribution >= 4 is 17.5 Å². The van der Waals surface area contributed by atoms with Gasteiger partial charge in [-0.1, -0.05) is 12.1 Å². The number of hydrogen-bond donors (Lipinski definition) is 2. The maximum Gasteiger partial charge on any atom is 0.257 e. The summed E-state index contributed by atoms with van der Waals surface area (Å²) in [5.74, 6) is 0.711. The molecule has 1 saturated carbocycles. The van der Waals surface area contributed by atoms with Crippen LogP contribution in [0.1, 0.15) is 73.9 Å². The lowest BCUT2D eigenvalue weighted by atomic mass is 9.94. The van der Waals surface area contributed by atoms with E-state index < -0.39 is 0 Å². The van der Waals surface area contributed by atoms with E-state index in [0.29, 0.717) is 11.5 Å². The number of rotatable bonds is 6. The van der Waals surface area contributed by atoms with E-state index in [1.807, 2.05) is 51.2 Å². The van der Waals surface area contributed by atoms with Crippen LogP contribution >= 0.6 is 0 Å². The molecule has 1 aromatic heterocycles. The third-order valence-corrected chi connectivity index (χ3v) is 6.12. The number of anilines is 1. The third kappa shape index (κ3) is 6.16. The molecule has 1 saturated heterocycles. The highest BCUT2D eigenvalue weighted by Crippen LogP contribution is 2.39. The number of carbonyl (C=O) groups excluding carboxylic acids is 2. The lowest BCUT2D eigenvalue weighted by molar-refractivity contribution is -0.127. The fourth-order valence-corrected chi connectivity index (χ4v) is 4.26. The van der Waals surface area contributed by atoms with Crippen molar-refractivity contribution in [1.29, 1.82) is 0 Å². The molecule has 2 fully saturated rings. The Morgan fingerprint density at radius 1 is 1.06 bits per heavy atom. The summed E-state index contributed by atoms with van der Waals surface area (Å²) in [7, 11) is 0. The first kappa shape index (κ1) is 22.5. The molecule has 2 aromatic rings. The number of amides is 2. The van der Waals surface area contributed by atoms with Gasteiger partial charge in [0.1, 0.15) is 0 Å². The van der Waals surface area contributed by atoms with Crippen LogP contribution in [0.5, 0.6) is 0 Å². The van der Waals surface area contributed by atoms with E-state index >= 15 is 0 Å². The van der Waals surface area contributed by atoms with Crippen molar-refractivity contribution in [3.63, 3.8) is 0 Å². The Morgan fingerprint density at radius 2 is 1.81 bits per heavy atom. The molecule has 2 aliphatic rings. The van der Waals surface area contributed by atoms with Crippen molar-refractivity contribution in [2.75, 3.05) is 18.4 Å². The summed E-state index contributed by atoms with van der Waals surface area (Å²) in [4.78, 5) is 31.8. The van der Waals surface area contributed by atoms with Gasteiger partial charge in [0.05, 0.1) is 5.56 Å². The predicted octanol–water partition coefficient (Wildman–Crippen LogP) is 4.34. The molecule has 0 unspecified atom stereocenters. The van der Waals surface area contributed by atoms with E-state index in [-0.39, 0.29) is 23.3 Å². The van der Waals surface area contributed by atoms with Gasteiger partial charge < -0.3 is 10.6 Å². The Morgan fingerprint density at radius 3 is 2.50 bits per heavy atom.